The Morgan fingerprint density at radius 3 is 2.50 bits per heavy atom. The van der Waals surface area contributed by atoms with Crippen molar-refractivity contribution in [3.8, 4) is 0 Å². The summed E-state index contributed by atoms with van der Waals surface area (Å²) in [4.78, 5) is 1.51. The molecule has 2 heterocycles. The van der Waals surface area contributed by atoms with E-state index in [1.54, 1.807) is 11.1 Å². The van der Waals surface area contributed by atoms with Crippen LogP contribution in [0.5, 0.6) is 0 Å². The van der Waals surface area contributed by atoms with E-state index < -0.39 is 0 Å². The fourth-order valence-electron chi connectivity index (χ4n) is 5.76. The van der Waals surface area contributed by atoms with Gasteiger partial charge in [-0.05, 0) is 47.4 Å². The monoisotopic (exact) mass is 357 g/mol. The Kier molecular flexibility index (Phi) is 3.37. The van der Waals surface area contributed by atoms with Crippen molar-refractivity contribution >= 4 is 17.4 Å². The van der Waals surface area contributed by atoms with Crippen LogP contribution in [0.4, 0.5) is 5.69 Å². The number of fused-ring (bicyclic) bond motifs is 6. The summed E-state index contributed by atoms with van der Waals surface area (Å²) >= 11 is 2.13. The maximum absolute atomic E-state index is 3.75. The fraction of sp³-hybridized carbons (Fsp3) is 0.333. The van der Waals surface area contributed by atoms with E-state index >= 15 is 0 Å². The van der Waals surface area contributed by atoms with E-state index in [1.165, 1.54) is 29.0 Å². The Morgan fingerprint density at radius 2 is 1.62 bits per heavy atom. The van der Waals surface area contributed by atoms with Gasteiger partial charge in [0.1, 0.15) is 0 Å². The minimum atomic E-state index is 0.587. The zero-order valence-corrected chi connectivity index (χ0v) is 15.6. The Hall–Kier alpha value is -1.93. The van der Waals surface area contributed by atoms with Crippen LogP contribution in [0.25, 0.3) is 0 Å². The SMILES string of the molecule is C1=CC2C(C=C1)C(c1cccc3c1NCCC3)C1Sc3ccccc3C21. The molecule has 1 N–H and O–H groups in total. The van der Waals surface area contributed by atoms with Crippen LogP contribution >= 0.6 is 11.8 Å². The van der Waals surface area contributed by atoms with Crippen molar-refractivity contribution in [3.05, 3.63) is 83.5 Å². The Bertz CT molecular complexity index is 928. The molecule has 2 aliphatic heterocycles. The highest BCUT2D eigenvalue weighted by Gasteiger charge is 2.54. The highest BCUT2D eigenvalue weighted by Crippen LogP contribution is 2.65. The van der Waals surface area contributed by atoms with E-state index in [2.05, 4.69) is 83.8 Å². The van der Waals surface area contributed by atoms with Gasteiger partial charge in [0, 0.05) is 34.2 Å². The summed E-state index contributed by atoms with van der Waals surface area (Å²) in [5.74, 6) is 2.48. The molecule has 4 aliphatic rings. The lowest BCUT2D eigenvalue weighted by atomic mass is 9.79. The molecule has 0 bridgehead atoms. The van der Waals surface area contributed by atoms with Gasteiger partial charge in [-0.15, -0.1) is 11.8 Å². The van der Waals surface area contributed by atoms with Gasteiger partial charge < -0.3 is 5.32 Å². The number of nitrogens with one attached hydrogen (secondary N) is 1. The van der Waals surface area contributed by atoms with Crippen LogP contribution in [0.1, 0.15) is 34.9 Å². The summed E-state index contributed by atoms with van der Waals surface area (Å²) in [5.41, 5.74) is 6.11. The van der Waals surface area contributed by atoms with Crippen LogP contribution in [0.3, 0.4) is 0 Å². The molecule has 2 aromatic rings. The third-order valence-corrected chi connectivity index (χ3v) is 8.25. The minimum Gasteiger partial charge on any atom is -0.385 e. The molecular weight excluding hydrogens is 334 g/mol. The number of thioether (sulfide) groups is 1. The van der Waals surface area contributed by atoms with Gasteiger partial charge in [0.2, 0.25) is 0 Å². The fourth-order valence-corrected chi connectivity index (χ4v) is 7.50. The number of aryl methyl sites for hydroxylation is 1. The topological polar surface area (TPSA) is 12.0 Å². The Labute approximate surface area is 159 Å². The molecule has 0 saturated heterocycles. The van der Waals surface area contributed by atoms with E-state index in [0.29, 0.717) is 28.9 Å². The molecule has 6 rings (SSSR count). The molecule has 0 radical (unpaired) electrons. The van der Waals surface area contributed by atoms with E-state index in [0.717, 1.165) is 6.54 Å². The normalized spacial score (nSPS) is 33.2. The highest BCUT2D eigenvalue weighted by atomic mass is 32.2. The molecule has 26 heavy (non-hydrogen) atoms. The first-order valence-electron chi connectivity index (χ1n) is 9.88. The van der Waals surface area contributed by atoms with Crippen LogP contribution in [0.15, 0.2) is 71.7 Å². The number of rotatable bonds is 1. The molecule has 5 unspecified atom stereocenters. The van der Waals surface area contributed by atoms with Crippen molar-refractivity contribution < 1.29 is 0 Å². The van der Waals surface area contributed by atoms with Gasteiger partial charge in [0.25, 0.3) is 0 Å². The van der Waals surface area contributed by atoms with Gasteiger partial charge in [-0.1, -0.05) is 60.7 Å². The number of benzene rings is 2. The standard InChI is InChI=1S/C24H23NS/c1-2-10-17-16(9-1)21-18-11-3-4-13-20(18)26-24(21)22(17)19-12-5-7-15-8-6-14-25-23(15)19/h1-5,7,9-13,16-17,21-22,24-25H,6,8,14H2. The highest BCUT2D eigenvalue weighted by molar-refractivity contribution is 8.00. The van der Waals surface area contributed by atoms with Crippen molar-refractivity contribution in [1.82, 2.24) is 0 Å². The second-order valence-corrected chi connectivity index (χ2v) is 9.23. The van der Waals surface area contributed by atoms with E-state index in [1.807, 2.05) is 0 Å². The van der Waals surface area contributed by atoms with Crippen molar-refractivity contribution in [3.63, 3.8) is 0 Å². The second-order valence-electron chi connectivity index (χ2n) is 8.01. The molecule has 2 heteroatoms. The number of hydrogen-bond acceptors (Lipinski definition) is 2. The summed E-state index contributed by atoms with van der Waals surface area (Å²) < 4.78 is 0. The molecule has 0 aromatic heterocycles. The molecule has 2 aliphatic carbocycles. The van der Waals surface area contributed by atoms with E-state index in [4.69, 9.17) is 0 Å². The molecule has 1 nitrogen and oxygen atoms in total. The van der Waals surface area contributed by atoms with Crippen LogP contribution < -0.4 is 5.32 Å². The average Bonchev–Trinajstić information content (AvgIpc) is 3.22. The summed E-state index contributed by atoms with van der Waals surface area (Å²) in [7, 11) is 0. The smallest absolute Gasteiger partial charge is 0.0408 e. The van der Waals surface area contributed by atoms with Gasteiger partial charge in [-0.25, -0.2) is 0 Å². The van der Waals surface area contributed by atoms with Gasteiger partial charge in [-0.3, -0.25) is 0 Å². The maximum atomic E-state index is 3.75. The summed E-state index contributed by atoms with van der Waals surface area (Å²) in [6.07, 6.45) is 12.0. The van der Waals surface area contributed by atoms with Crippen LogP contribution in [0.2, 0.25) is 0 Å². The molecule has 0 spiro atoms. The minimum absolute atomic E-state index is 0.587. The van der Waals surface area contributed by atoms with Crippen molar-refractivity contribution in [2.24, 2.45) is 11.8 Å². The lowest BCUT2D eigenvalue weighted by molar-refractivity contribution is 0.484. The summed E-state index contributed by atoms with van der Waals surface area (Å²) in [6, 6.07) is 16.1. The quantitative estimate of drug-likeness (QED) is 0.696. The molecule has 0 amide bonds. The Balaban J connectivity index is 1.51. The summed E-state index contributed by atoms with van der Waals surface area (Å²) in [6.45, 7) is 1.11. The number of hydrogen-bond donors (Lipinski definition) is 1. The van der Waals surface area contributed by atoms with Crippen LogP contribution in [-0.4, -0.2) is 11.8 Å². The lowest BCUT2D eigenvalue weighted by Crippen LogP contribution is -2.20. The van der Waals surface area contributed by atoms with Gasteiger partial charge in [0.15, 0.2) is 0 Å². The molecule has 5 atom stereocenters. The first-order chi connectivity index (χ1) is 12.9. The number of allylic oxidation sites excluding steroid dienone is 4. The maximum Gasteiger partial charge on any atom is 0.0408 e. The van der Waals surface area contributed by atoms with Crippen molar-refractivity contribution in [1.29, 1.82) is 0 Å². The molecule has 1 saturated carbocycles. The average molecular weight is 358 g/mol. The Morgan fingerprint density at radius 1 is 0.846 bits per heavy atom. The molecule has 2 aromatic carbocycles. The van der Waals surface area contributed by atoms with Crippen molar-refractivity contribution in [2.75, 3.05) is 11.9 Å². The zero-order valence-electron chi connectivity index (χ0n) is 14.8. The largest absolute Gasteiger partial charge is 0.385 e. The first-order valence-corrected chi connectivity index (χ1v) is 10.8. The second kappa shape index (κ2) is 5.79. The predicted octanol–water partition coefficient (Wildman–Crippen LogP) is 5.76. The zero-order chi connectivity index (χ0) is 17.1. The number of para-hydroxylation sites is 1. The molecular formula is C24H23NS. The number of anilines is 1. The van der Waals surface area contributed by atoms with Crippen molar-refractivity contribution in [2.45, 2.75) is 34.8 Å². The first kappa shape index (κ1) is 15.2. The lowest BCUT2D eigenvalue weighted by Gasteiger charge is -2.30. The molecule has 130 valence electrons. The van der Waals surface area contributed by atoms with Gasteiger partial charge in [0.05, 0.1) is 0 Å². The summed E-state index contributed by atoms with van der Waals surface area (Å²) in [5, 5.41) is 4.40. The van der Waals surface area contributed by atoms with E-state index in [9.17, 15) is 0 Å². The van der Waals surface area contributed by atoms with Crippen LogP contribution in [-0.2, 0) is 6.42 Å². The van der Waals surface area contributed by atoms with Gasteiger partial charge >= 0.3 is 0 Å². The van der Waals surface area contributed by atoms with E-state index in [-0.39, 0.29) is 0 Å². The van der Waals surface area contributed by atoms with Crippen LogP contribution in [0, 0.1) is 11.8 Å². The third kappa shape index (κ3) is 2.05. The molecule has 1 fully saturated rings. The predicted molar refractivity (Wildman–Crippen MR) is 110 cm³/mol. The third-order valence-electron chi connectivity index (χ3n) is 6.77. The van der Waals surface area contributed by atoms with Gasteiger partial charge in [-0.2, -0.15) is 0 Å².